The SMILES string of the molecule is CC(C)(C)OC(=O)NN(Cc1ccc(F)cc1)C(=O)c1[nH]cc(C=O)c(=O)c1OCc1ccccc1. The number of rotatable bonds is 7. The van der Waals surface area contributed by atoms with Gasteiger partial charge in [0.15, 0.2) is 17.7 Å². The number of aromatic amines is 1. The first-order valence-corrected chi connectivity index (χ1v) is 11.0. The molecule has 0 aliphatic carbocycles. The minimum Gasteiger partial charge on any atom is -0.483 e. The van der Waals surface area contributed by atoms with Crippen LogP contribution in [-0.2, 0) is 17.9 Å². The third-order valence-corrected chi connectivity index (χ3v) is 4.76. The second-order valence-corrected chi connectivity index (χ2v) is 8.80. The van der Waals surface area contributed by atoms with Crippen LogP contribution in [0.15, 0.2) is 65.6 Å². The molecule has 0 radical (unpaired) electrons. The van der Waals surface area contributed by atoms with Gasteiger partial charge in [-0.3, -0.25) is 14.4 Å². The predicted octanol–water partition coefficient (Wildman–Crippen LogP) is 3.99. The number of carbonyl (C=O) groups is 3. The molecule has 0 unspecified atom stereocenters. The van der Waals surface area contributed by atoms with Gasteiger partial charge in [-0.25, -0.2) is 19.6 Å². The highest BCUT2D eigenvalue weighted by molar-refractivity contribution is 5.96. The molecule has 0 saturated heterocycles. The lowest BCUT2D eigenvalue weighted by Crippen LogP contribution is -2.48. The molecule has 188 valence electrons. The molecule has 1 heterocycles. The van der Waals surface area contributed by atoms with Crippen LogP contribution in [0.2, 0.25) is 0 Å². The maximum atomic E-state index is 13.5. The van der Waals surface area contributed by atoms with Gasteiger partial charge in [0, 0.05) is 6.20 Å². The summed E-state index contributed by atoms with van der Waals surface area (Å²) in [6.07, 6.45) is 0.510. The molecule has 36 heavy (non-hydrogen) atoms. The molecule has 0 aliphatic heterocycles. The number of nitrogens with one attached hydrogen (secondary N) is 2. The highest BCUT2D eigenvalue weighted by Gasteiger charge is 2.27. The fourth-order valence-corrected chi connectivity index (χ4v) is 3.12. The normalized spacial score (nSPS) is 10.9. The number of hydrazine groups is 1. The minimum atomic E-state index is -0.920. The van der Waals surface area contributed by atoms with Gasteiger partial charge in [-0.15, -0.1) is 0 Å². The van der Waals surface area contributed by atoms with Crippen molar-refractivity contribution in [3.8, 4) is 5.75 Å². The van der Waals surface area contributed by atoms with E-state index in [4.69, 9.17) is 9.47 Å². The highest BCUT2D eigenvalue weighted by atomic mass is 19.1. The zero-order valence-corrected chi connectivity index (χ0v) is 20.0. The van der Waals surface area contributed by atoms with E-state index in [1.165, 1.54) is 24.3 Å². The van der Waals surface area contributed by atoms with E-state index in [1.807, 2.05) is 6.07 Å². The second-order valence-electron chi connectivity index (χ2n) is 8.80. The van der Waals surface area contributed by atoms with E-state index >= 15 is 0 Å². The standard InChI is InChI=1S/C26H26FN3O6/c1-26(2,3)36-25(34)29-30(14-17-9-11-20(27)12-10-17)24(33)21-23(22(32)19(15-31)13-28-21)35-16-18-7-5-4-6-8-18/h4-13,15H,14,16H2,1-3H3,(H,28,32)(H,29,34). The van der Waals surface area contributed by atoms with E-state index in [0.29, 0.717) is 11.8 Å². The van der Waals surface area contributed by atoms with E-state index < -0.39 is 28.8 Å². The van der Waals surface area contributed by atoms with Gasteiger partial charge in [-0.1, -0.05) is 42.5 Å². The molecular formula is C26H26FN3O6. The summed E-state index contributed by atoms with van der Waals surface area (Å²) in [5, 5.41) is 0.905. The summed E-state index contributed by atoms with van der Waals surface area (Å²) in [6.45, 7) is 4.73. The average Bonchev–Trinajstić information content (AvgIpc) is 2.83. The van der Waals surface area contributed by atoms with Gasteiger partial charge in [0.1, 0.15) is 18.0 Å². The molecule has 0 atom stereocenters. The van der Waals surface area contributed by atoms with Gasteiger partial charge in [0.05, 0.1) is 12.1 Å². The molecule has 10 heteroatoms. The number of aromatic nitrogens is 1. The monoisotopic (exact) mass is 495 g/mol. The van der Waals surface area contributed by atoms with Crippen LogP contribution < -0.4 is 15.6 Å². The number of hydrogen-bond donors (Lipinski definition) is 2. The van der Waals surface area contributed by atoms with Crippen molar-refractivity contribution in [2.75, 3.05) is 0 Å². The van der Waals surface area contributed by atoms with Crippen molar-refractivity contribution in [3.05, 3.63) is 99.2 Å². The molecule has 3 rings (SSSR count). The summed E-state index contributed by atoms with van der Waals surface area (Å²) >= 11 is 0. The first-order valence-electron chi connectivity index (χ1n) is 11.0. The highest BCUT2D eigenvalue weighted by Crippen LogP contribution is 2.18. The molecule has 9 nitrogen and oxygen atoms in total. The van der Waals surface area contributed by atoms with Crippen molar-refractivity contribution in [3.63, 3.8) is 0 Å². The van der Waals surface area contributed by atoms with E-state index in [-0.39, 0.29) is 30.2 Å². The smallest absolute Gasteiger partial charge is 0.426 e. The van der Waals surface area contributed by atoms with Gasteiger partial charge in [-0.05, 0) is 44.0 Å². The van der Waals surface area contributed by atoms with Crippen molar-refractivity contribution in [1.82, 2.24) is 15.4 Å². The number of benzene rings is 2. The Labute approximate surface area is 206 Å². The number of halogens is 1. The molecule has 1 aromatic heterocycles. The summed E-state index contributed by atoms with van der Waals surface area (Å²) in [5.41, 5.74) is 1.41. The fraction of sp³-hybridized carbons (Fsp3) is 0.231. The van der Waals surface area contributed by atoms with E-state index in [9.17, 15) is 23.6 Å². The van der Waals surface area contributed by atoms with Crippen molar-refractivity contribution in [2.24, 2.45) is 0 Å². The number of hydrogen-bond acceptors (Lipinski definition) is 6. The summed E-state index contributed by atoms with van der Waals surface area (Å²) < 4.78 is 24.3. The number of H-pyrrole nitrogens is 1. The Morgan fingerprint density at radius 2 is 1.72 bits per heavy atom. The van der Waals surface area contributed by atoms with Crippen molar-refractivity contribution >= 4 is 18.3 Å². The maximum absolute atomic E-state index is 13.5. The van der Waals surface area contributed by atoms with Crippen LogP contribution in [0.25, 0.3) is 0 Å². The van der Waals surface area contributed by atoms with Gasteiger partial charge in [0.25, 0.3) is 5.91 Å². The Morgan fingerprint density at radius 3 is 2.33 bits per heavy atom. The number of carbonyl (C=O) groups excluding carboxylic acids is 3. The van der Waals surface area contributed by atoms with Gasteiger partial charge in [0.2, 0.25) is 5.43 Å². The van der Waals surface area contributed by atoms with Crippen LogP contribution in [0.3, 0.4) is 0 Å². The maximum Gasteiger partial charge on any atom is 0.426 e. The Bertz CT molecular complexity index is 1280. The molecule has 0 fully saturated rings. The molecule has 2 amide bonds. The minimum absolute atomic E-state index is 0.0516. The van der Waals surface area contributed by atoms with Gasteiger partial charge >= 0.3 is 6.09 Å². The Morgan fingerprint density at radius 1 is 1.06 bits per heavy atom. The number of ether oxygens (including phenoxy) is 2. The third kappa shape index (κ3) is 7.02. The van der Waals surface area contributed by atoms with Crippen molar-refractivity contribution < 1.29 is 28.2 Å². The zero-order valence-electron chi connectivity index (χ0n) is 20.0. The molecular weight excluding hydrogens is 469 g/mol. The zero-order chi connectivity index (χ0) is 26.3. The average molecular weight is 496 g/mol. The number of aldehydes is 1. The molecule has 0 saturated carbocycles. The Balaban J connectivity index is 1.97. The van der Waals surface area contributed by atoms with Crippen LogP contribution >= 0.6 is 0 Å². The first-order chi connectivity index (χ1) is 17.1. The lowest BCUT2D eigenvalue weighted by molar-refractivity contribution is 0.0277. The second kappa shape index (κ2) is 11.3. The number of pyridine rings is 1. The predicted molar refractivity (Wildman–Crippen MR) is 129 cm³/mol. The van der Waals surface area contributed by atoms with Crippen LogP contribution in [-0.4, -0.2) is 33.9 Å². The molecule has 2 aromatic carbocycles. The van der Waals surface area contributed by atoms with Gasteiger partial charge < -0.3 is 14.5 Å². The number of nitrogens with zero attached hydrogens (tertiary/aromatic N) is 1. The first kappa shape index (κ1) is 26.1. The summed E-state index contributed by atoms with van der Waals surface area (Å²) in [5.74, 6) is -1.70. The van der Waals surface area contributed by atoms with E-state index in [1.54, 1.807) is 45.0 Å². The summed E-state index contributed by atoms with van der Waals surface area (Å²) in [6, 6.07) is 14.2. The lowest BCUT2D eigenvalue weighted by Gasteiger charge is -2.26. The van der Waals surface area contributed by atoms with Crippen LogP contribution in [0.4, 0.5) is 9.18 Å². The molecule has 0 bridgehead atoms. The molecule has 0 spiro atoms. The van der Waals surface area contributed by atoms with Crippen molar-refractivity contribution in [2.45, 2.75) is 39.5 Å². The van der Waals surface area contributed by atoms with E-state index in [2.05, 4.69) is 10.4 Å². The van der Waals surface area contributed by atoms with Crippen LogP contribution in [0, 0.1) is 5.82 Å². The third-order valence-electron chi connectivity index (χ3n) is 4.76. The summed E-state index contributed by atoms with van der Waals surface area (Å²) in [4.78, 5) is 52.9. The fourth-order valence-electron chi connectivity index (χ4n) is 3.12. The Hall–Kier alpha value is -4.47. The molecule has 3 aromatic rings. The Kier molecular flexibility index (Phi) is 8.21. The summed E-state index contributed by atoms with van der Waals surface area (Å²) in [7, 11) is 0. The largest absolute Gasteiger partial charge is 0.483 e. The van der Waals surface area contributed by atoms with E-state index in [0.717, 1.165) is 16.8 Å². The number of amides is 2. The van der Waals surface area contributed by atoms with Crippen molar-refractivity contribution in [1.29, 1.82) is 0 Å². The molecule has 2 N–H and O–H groups in total. The topological polar surface area (TPSA) is 118 Å². The lowest BCUT2D eigenvalue weighted by atomic mass is 10.2. The molecule has 0 aliphatic rings. The quantitative estimate of drug-likeness (QED) is 0.378. The van der Waals surface area contributed by atoms with Crippen LogP contribution in [0.1, 0.15) is 52.7 Å². The van der Waals surface area contributed by atoms with Gasteiger partial charge in [-0.2, -0.15) is 0 Å². The van der Waals surface area contributed by atoms with Crippen LogP contribution in [0.5, 0.6) is 5.75 Å².